The molecule has 1 unspecified atom stereocenters. The molecule has 3 nitrogen and oxygen atoms in total. The summed E-state index contributed by atoms with van der Waals surface area (Å²) in [7, 11) is 0. The Hall–Kier alpha value is -1.92. The Kier molecular flexibility index (Phi) is 6.73. The number of anilines is 1. The summed E-state index contributed by atoms with van der Waals surface area (Å²) in [6.07, 6.45) is 3.47. The van der Waals surface area contributed by atoms with E-state index in [-0.39, 0.29) is 22.0 Å². The molecule has 0 radical (unpaired) electrons. The number of carbonyl (C=O) groups excluding carboxylic acids is 2. The summed E-state index contributed by atoms with van der Waals surface area (Å²) in [4.78, 5) is 24.5. The van der Waals surface area contributed by atoms with E-state index in [1.807, 2.05) is 0 Å². The smallest absolute Gasteiger partial charge is 0.255 e. The lowest BCUT2D eigenvalue weighted by atomic mass is 9.86. The summed E-state index contributed by atoms with van der Waals surface area (Å²) in [5, 5.41) is 2.68. The second-order valence-corrected chi connectivity index (χ2v) is 8.69. The zero-order valence-corrected chi connectivity index (χ0v) is 16.9. The maximum Gasteiger partial charge on any atom is 0.255 e. The Balaban J connectivity index is 1.72. The second kappa shape index (κ2) is 9.05. The molecule has 0 aliphatic heterocycles. The van der Waals surface area contributed by atoms with Crippen molar-refractivity contribution in [2.24, 2.45) is 5.92 Å². The van der Waals surface area contributed by atoms with Gasteiger partial charge in [-0.25, -0.2) is 8.78 Å². The molecule has 3 rings (SSSR count). The number of benzene rings is 2. The lowest BCUT2D eigenvalue weighted by molar-refractivity contribution is -0.121. The number of ketones is 1. The van der Waals surface area contributed by atoms with Crippen LogP contribution < -0.4 is 5.32 Å². The third-order valence-corrected chi connectivity index (χ3v) is 6.48. The molecule has 0 aromatic heterocycles. The van der Waals surface area contributed by atoms with Gasteiger partial charge in [-0.2, -0.15) is 0 Å². The summed E-state index contributed by atoms with van der Waals surface area (Å²) < 4.78 is 27.5. The second-order valence-electron chi connectivity index (χ2n) is 6.94. The van der Waals surface area contributed by atoms with Crippen molar-refractivity contribution >= 4 is 40.7 Å². The topological polar surface area (TPSA) is 46.2 Å². The maximum atomic E-state index is 14.3. The summed E-state index contributed by atoms with van der Waals surface area (Å²) >= 11 is 7.11. The summed E-state index contributed by atoms with van der Waals surface area (Å²) in [6.45, 7) is 1.60. The van der Waals surface area contributed by atoms with Gasteiger partial charge in [-0.15, -0.1) is 11.8 Å². The van der Waals surface area contributed by atoms with Crippen LogP contribution in [0.3, 0.4) is 0 Å². The first-order valence-electron chi connectivity index (χ1n) is 9.06. The van der Waals surface area contributed by atoms with Gasteiger partial charge in [0.25, 0.3) is 5.91 Å². The predicted molar refractivity (Wildman–Crippen MR) is 108 cm³/mol. The molecule has 0 heterocycles. The Bertz CT molecular complexity index is 906. The van der Waals surface area contributed by atoms with Gasteiger partial charge in [-0.05, 0) is 62.6 Å². The Labute approximate surface area is 171 Å². The van der Waals surface area contributed by atoms with Gasteiger partial charge in [0, 0.05) is 27.3 Å². The van der Waals surface area contributed by atoms with E-state index < -0.39 is 17.5 Å². The predicted octanol–water partition coefficient (Wildman–Crippen LogP) is 6.11. The van der Waals surface area contributed by atoms with Crippen LogP contribution >= 0.6 is 23.4 Å². The highest BCUT2D eigenvalue weighted by Gasteiger charge is 2.26. The van der Waals surface area contributed by atoms with Crippen LogP contribution in [-0.4, -0.2) is 16.9 Å². The first-order chi connectivity index (χ1) is 13.3. The Morgan fingerprint density at radius 1 is 1.11 bits per heavy atom. The number of nitrogens with one attached hydrogen (secondary N) is 1. The molecule has 0 saturated heterocycles. The molecule has 1 saturated carbocycles. The van der Waals surface area contributed by atoms with Crippen LogP contribution in [0.1, 0.15) is 43.0 Å². The van der Waals surface area contributed by atoms with Gasteiger partial charge < -0.3 is 5.32 Å². The van der Waals surface area contributed by atoms with Gasteiger partial charge in [0.2, 0.25) is 0 Å². The fraction of sp³-hybridized carbons (Fsp3) is 0.333. The molecule has 2 aromatic rings. The van der Waals surface area contributed by atoms with Crippen molar-refractivity contribution in [3.05, 3.63) is 58.6 Å². The normalized spacial score (nSPS) is 19.3. The minimum Gasteiger partial charge on any atom is -0.322 e. The average molecular weight is 424 g/mol. The van der Waals surface area contributed by atoms with Crippen LogP contribution in [-0.2, 0) is 4.79 Å². The molecule has 28 heavy (non-hydrogen) atoms. The van der Waals surface area contributed by atoms with E-state index in [4.69, 9.17) is 11.6 Å². The van der Waals surface area contributed by atoms with E-state index in [0.29, 0.717) is 16.1 Å². The van der Waals surface area contributed by atoms with E-state index in [0.717, 1.165) is 25.7 Å². The van der Waals surface area contributed by atoms with Crippen molar-refractivity contribution in [3.63, 3.8) is 0 Å². The first kappa shape index (κ1) is 20.8. The van der Waals surface area contributed by atoms with Crippen molar-refractivity contribution in [1.82, 2.24) is 0 Å². The third-order valence-electron chi connectivity index (χ3n) is 4.87. The number of amides is 1. The van der Waals surface area contributed by atoms with Crippen molar-refractivity contribution < 1.29 is 18.4 Å². The van der Waals surface area contributed by atoms with Crippen LogP contribution in [0.4, 0.5) is 14.5 Å². The van der Waals surface area contributed by atoms with E-state index in [2.05, 4.69) is 5.32 Å². The van der Waals surface area contributed by atoms with Crippen LogP contribution in [0.2, 0.25) is 5.02 Å². The molecule has 148 valence electrons. The highest BCUT2D eigenvalue weighted by molar-refractivity contribution is 8.00. The molecule has 7 heteroatoms. The minimum absolute atomic E-state index is 0.0315. The highest BCUT2D eigenvalue weighted by Crippen LogP contribution is 2.38. The molecule has 1 aliphatic carbocycles. The highest BCUT2D eigenvalue weighted by atomic mass is 35.5. The number of hydrogen-bond acceptors (Lipinski definition) is 3. The molecule has 1 N–H and O–H groups in total. The fourth-order valence-electron chi connectivity index (χ4n) is 3.31. The quantitative estimate of drug-likeness (QED) is 0.631. The molecular formula is C21H20ClF2NO2S. The average Bonchev–Trinajstić information content (AvgIpc) is 2.66. The molecule has 2 atom stereocenters. The van der Waals surface area contributed by atoms with Gasteiger partial charge in [0.1, 0.15) is 17.4 Å². The molecule has 0 spiro atoms. The van der Waals surface area contributed by atoms with Gasteiger partial charge in [-0.3, -0.25) is 9.59 Å². The Morgan fingerprint density at radius 3 is 2.57 bits per heavy atom. The number of Topliss-reactive ketones (excluding diaryl/α,β-unsaturated/α-hetero) is 1. The van der Waals surface area contributed by atoms with Crippen LogP contribution in [0, 0.1) is 17.6 Å². The van der Waals surface area contributed by atoms with Crippen molar-refractivity contribution in [1.29, 1.82) is 0 Å². The molecular weight excluding hydrogens is 404 g/mol. The SMILES string of the molecule is CC(=O)[C@H]1CCCC(Sc2cc(C(=O)Nc3ccc(F)c(Cl)c3)ccc2F)C1. The van der Waals surface area contributed by atoms with Gasteiger partial charge >= 0.3 is 0 Å². The van der Waals surface area contributed by atoms with Crippen LogP contribution in [0.5, 0.6) is 0 Å². The van der Waals surface area contributed by atoms with E-state index >= 15 is 0 Å². The van der Waals surface area contributed by atoms with Crippen molar-refractivity contribution in [2.75, 3.05) is 5.32 Å². The van der Waals surface area contributed by atoms with Crippen LogP contribution in [0.15, 0.2) is 41.3 Å². The fourth-order valence-corrected chi connectivity index (χ4v) is 4.84. The summed E-state index contributed by atoms with van der Waals surface area (Å²) in [5.41, 5.74) is 0.648. The molecule has 1 aliphatic rings. The molecule has 1 amide bonds. The van der Waals surface area contributed by atoms with Gasteiger partial charge in [0.15, 0.2) is 0 Å². The van der Waals surface area contributed by atoms with Crippen molar-refractivity contribution in [2.45, 2.75) is 42.8 Å². The minimum atomic E-state index is -0.573. The maximum absolute atomic E-state index is 14.3. The van der Waals surface area contributed by atoms with Crippen molar-refractivity contribution in [3.8, 4) is 0 Å². The molecule has 2 aromatic carbocycles. The lowest BCUT2D eigenvalue weighted by Crippen LogP contribution is -2.22. The summed E-state index contributed by atoms with van der Waals surface area (Å²) in [5.74, 6) is -1.19. The zero-order chi connectivity index (χ0) is 20.3. The monoisotopic (exact) mass is 423 g/mol. The van der Waals surface area contributed by atoms with E-state index in [9.17, 15) is 18.4 Å². The first-order valence-corrected chi connectivity index (χ1v) is 10.3. The largest absolute Gasteiger partial charge is 0.322 e. The standard InChI is InChI=1S/C21H20ClF2NO2S/c1-12(26)13-3-2-4-16(9-13)28-20-10-14(5-7-19(20)24)21(27)25-15-6-8-18(23)17(22)11-15/h5-8,10-11,13,16H,2-4,9H2,1H3,(H,25,27)/t13-,16?/m0/s1. The van der Waals surface area contributed by atoms with Gasteiger partial charge in [0.05, 0.1) is 5.02 Å². The summed E-state index contributed by atoms with van der Waals surface area (Å²) in [6, 6.07) is 8.07. The molecule has 0 bridgehead atoms. The van der Waals surface area contributed by atoms with Crippen LogP contribution in [0.25, 0.3) is 0 Å². The van der Waals surface area contributed by atoms with E-state index in [1.54, 1.807) is 6.92 Å². The zero-order valence-electron chi connectivity index (χ0n) is 15.3. The number of carbonyl (C=O) groups is 2. The Morgan fingerprint density at radius 2 is 1.86 bits per heavy atom. The molecule has 1 fully saturated rings. The number of thioether (sulfide) groups is 1. The van der Waals surface area contributed by atoms with Gasteiger partial charge in [-0.1, -0.05) is 18.0 Å². The number of rotatable bonds is 5. The third kappa shape index (κ3) is 5.11. The lowest BCUT2D eigenvalue weighted by Gasteiger charge is -2.27. The number of hydrogen-bond donors (Lipinski definition) is 1. The van der Waals surface area contributed by atoms with E-state index in [1.165, 1.54) is 48.2 Å². The number of halogens is 3.